The fourth-order valence-electron chi connectivity index (χ4n) is 4.39. The molecule has 5 rings (SSSR count). The number of fused-ring (bicyclic) bond motifs is 2. The van der Waals surface area contributed by atoms with Crippen molar-refractivity contribution in [2.24, 2.45) is 0 Å². The van der Waals surface area contributed by atoms with E-state index < -0.39 is 12.2 Å². The highest BCUT2D eigenvalue weighted by molar-refractivity contribution is 9.10. The minimum atomic E-state index is -0.720. The lowest BCUT2D eigenvalue weighted by molar-refractivity contribution is 0.0462. The topological polar surface area (TPSA) is 77.4 Å². The molecule has 0 amide bonds. The number of benzene rings is 1. The van der Waals surface area contributed by atoms with Gasteiger partial charge in [-0.15, -0.1) is 45.3 Å². The third kappa shape index (κ3) is 7.91. The monoisotopic (exact) mass is 774 g/mol. The molecule has 1 aromatic carbocycles. The van der Waals surface area contributed by atoms with Crippen molar-refractivity contribution in [2.75, 3.05) is 39.6 Å². The number of halogens is 2. The van der Waals surface area contributed by atoms with Gasteiger partial charge in [0.15, 0.2) is 0 Å². The molecule has 12 heteroatoms. The molecule has 0 bridgehead atoms. The number of ether oxygens (including phenoxy) is 4. The zero-order valence-electron chi connectivity index (χ0n) is 23.2. The van der Waals surface area contributed by atoms with Crippen LogP contribution in [0.4, 0.5) is 0 Å². The van der Waals surface area contributed by atoms with Crippen molar-refractivity contribution >= 4 is 97.4 Å². The average Bonchev–Trinajstić information content (AvgIpc) is 3.75. The molecule has 0 spiro atoms. The summed E-state index contributed by atoms with van der Waals surface area (Å²) in [6.07, 6.45) is -1.44. The van der Waals surface area contributed by atoms with Gasteiger partial charge in [-0.3, -0.25) is 0 Å². The lowest BCUT2D eigenvalue weighted by atomic mass is 10.1. The molecule has 0 aliphatic carbocycles. The van der Waals surface area contributed by atoms with Crippen LogP contribution in [0.1, 0.15) is 55.3 Å². The largest absolute Gasteiger partial charge is 0.382 e. The molecular weight excluding hydrogens is 744 g/mol. The summed E-state index contributed by atoms with van der Waals surface area (Å²) < 4.78 is 26.0. The first-order chi connectivity index (χ1) is 20.4. The highest BCUT2D eigenvalue weighted by Crippen LogP contribution is 2.44. The Hall–Kier alpha value is -0.740. The molecule has 2 N–H and O–H groups in total. The maximum absolute atomic E-state index is 11.3. The third-order valence-corrected chi connectivity index (χ3v) is 12.9. The van der Waals surface area contributed by atoms with Crippen LogP contribution >= 0.6 is 77.2 Å². The smallest absolute Gasteiger partial charge is 0.123 e. The molecule has 0 saturated heterocycles. The summed E-state index contributed by atoms with van der Waals surface area (Å²) >= 11 is 13.6. The number of thiophene rings is 4. The van der Waals surface area contributed by atoms with Crippen molar-refractivity contribution in [3.63, 3.8) is 0 Å². The second-order valence-corrected chi connectivity index (χ2v) is 15.7. The molecule has 0 saturated carbocycles. The van der Waals surface area contributed by atoms with E-state index in [1.54, 1.807) is 45.3 Å². The SMILES string of the molecule is CCOCCOCc1cc(Br)c(C(O)c2cc3cc4sc(C(O)c5sc(COCCOCC)cc5Br)cc4cc3s2)s1. The van der Waals surface area contributed by atoms with Crippen LogP contribution in [-0.2, 0) is 32.2 Å². The van der Waals surface area contributed by atoms with Crippen LogP contribution in [0.5, 0.6) is 0 Å². The first-order valence-electron chi connectivity index (χ1n) is 13.6. The number of aliphatic hydroxyl groups excluding tert-OH is 2. The summed E-state index contributed by atoms with van der Waals surface area (Å²) in [5.74, 6) is 0. The summed E-state index contributed by atoms with van der Waals surface area (Å²) in [4.78, 5) is 5.65. The van der Waals surface area contributed by atoms with Crippen molar-refractivity contribution < 1.29 is 29.2 Å². The molecule has 4 aromatic heterocycles. The molecule has 0 fully saturated rings. The van der Waals surface area contributed by atoms with Crippen LogP contribution < -0.4 is 0 Å². The van der Waals surface area contributed by atoms with E-state index in [4.69, 9.17) is 18.9 Å². The normalized spacial score (nSPS) is 13.5. The standard InChI is InChI=1S/C30H32Br2O6S4/c1-3-35-5-7-37-15-19-13-21(31)29(39-19)27(33)25-11-17-9-24-18(10-23(17)41-25)12-26(42-24)28(34)30-22(32)14-20(40-30)16-38-8-6-36-4-2/h9-14,27-28,33-34H,3-8,15-16H2,1-2H3. The summed E-state index contributed by atoms with van der Waals surface area (Å²) in [6.45, 7) is 8.53. The Balaban J connectivity index is 1.28. The Morgan fingerprint density at radius 1 is 0.595 bits per heavy atom. The first kappa shape index (κ1) is 32.6. The molecule has 2 atom stereocenters. The van der Waals surface area contributed by atoms with Gasteiger partial charge in [0.1, 0.15) is 12.2 Å². The number of rotatable bonds is 16. The van der Waals surface area contributed by atoms with Crippen molar-refractivity contribution in [1.82, 2.24) is 0 Å². The Bertz CT molecular complexity index is 1440. The molecule has 2 unspecified atom stereocenters. The van der Waals surface area contributed by atoms with Gasteiger partial charge in [0.2, 0.25) is 0 Å². The average molecular weight is 777 g/mol. The van der Waals surface area contributed by atoms with Gasteiger partial charge in [0, 0.05) is 51.1 Å². The van der Waals surface area contributed by atoms with Crippen LogP contribution in [-0.4, -0.2) is 49.9 Å². The third-order valence-electron chi connectivity index (χ3n) is 6.40. The van der Waals surface area contributed by atoms with Gasteiger partial charge >= 0.3 is 0 Å². The van der Waals surface area contributed by atoms with Crippen LogP contribution in [0, 0.1) is 0 Å². The second-order valence-electron chi connectivity index (χ2n) is 9.38. The zero-order chi connectivity index (χ0) is 29.6. The fourth-order valence-corrected chi connectivity index (χ4v) is 10.5. The second kappa shape index (κ2) is 15.5. The quantitative estimate of drug-likeness (QED) is 0.0975. The maximum atomic E-state index is 11.3. The van der Waals surface area contributed by atoms with E-state index in [-0.39, 0.29) is 0 Å². The Labute approximate surface area is 278 Å². The molecule has 0 aliphatic heterocycles. The van der Waals surface area contributed by atoms with Crippen molar-refractivity contribution in [3.05, 3.63) is 74.6 Å². The highest BCUT2D eigenvalue weighted by atomic mass is 79.9. The van der Waals surface area contributed by atoms with E-state index in [0.717, 1.165) is 58.4 Å². The number of hydrogen-bond donors (Lipinski definition) is 2. The highest BCUT2D eigenvalue weighted by Gasteiger charge is 2.22. The van der Waals surface area contributed by atoms with Gasteiger partial charge in [-0.25, -0.2) is 0 Å². The molecule has 0 radical (unpaired) electrons. The van der Waals surface area contributed by atoms with E-state index >= 15 is 0 Å². The number of aliphatic hydroxyl groups is 2. The van der Waals surface area contributed by atoms with Gasteiger partial charge < -0.3 is 29.2 Å². The molecule has 42 heavy (non-hydrogen) atoms. The Morgan fingerprint density at radius 2 is 1.00 bits per heavy atom. The van der Waals surface area contributed by atoms with Gasteiger partial charge in [-0.1, -0.05) is 0 Å². The minimum absolute atomic E-state index is 0.492. The van der Waals surface area contributed by atoms with Crippen molar-refractivity contribution in [2.45, 2.75) is 39.3 Å². The van der Waals surface area contributed by atoms with E-state index in [1.165, 1.54) is 0 Å². The van der Waals surface area contributed by atoms with E-state index in [2.05, 4.69) is 56.1 Å². The molecule has 4 heterocycles. The van der Waals surface area contributed by atoms with Gasteiger partial charge in [0.05, 0.1) is 49.4 Å². The molecule has 226 valence electrons. The molecule has 6 nitrogen and oxygen atoms in total. The maximum Gasteiger partial charge on any atom is 0.123 e. The number of hydrogen-bond acceptors (Lipinski definition) is 10. The van der Waals surface area contributed by atoms with Crippen LogP contribution in [0.15, 0.2) is 45.3 Å². The zero-order valence-corrected chi connectivity index (χ0v) is 29.6. The van der Waals surface area contributed by atoms with E-state index in [0.29, 0.717) is 52.9 Å². The molecular formula is C30H32Br2O6S4. The van der Waals surface area contributed by atoms with Crippen LogP contribution in [0.2, 0.25) is 0 Å². The fraction of sp³-hybridized carbons (Fsp3) is 0.400. The molecule has 5 aromatic rings. The minimum Gasteiger partial charge on any atom is -0.382 e. The van der Waals surface area contributed by atoms with E-state index in [9.17, 15) is 10.2 Å². The van der Waals surface area contributed by atoms with E-state index in [1.807, 2.05) is 26.0 Å². The molecule has 0 aliphatic rings. The Kier molecular flexibility index (Phi) is 12.1. The van der Waals surface area contributed by atoms with Gasteiger partial charge in [0.25, 0.3) is 0 Å². The van der Waals surface area contributed by atoms with Crippen LogP contribution in [0.3, 0.4) is 0 Å². The predicted molar refractivity (Wildman–Crippen MR) is 182 cm³/mol. The Morgan fingerprint density at radius 3 is 1.40 bits per heavy atom. The van der Waals surface area contributed by atoms with Gasteiger partial charge in [-0.2, -0.15) is 0 Å². The summed E-state index contributed by atoms with van der Waals surface area (Å²) in [5.41, 5.74) is 0. The summed E-state index contributed by atoms with van der Waals surface area (Å²) in [6, 6.07) is 12.5. The van der Waals surface area contributed by atoms with Gasteiger partial charge in [-0.05, 0) is 92.9 Å². The summed E-state index contributed by atoms with van der Waals surface area (Å²) in [5, 5.41) is 24.7. The van der Waals surface area contributed by atoms with Crippen molar-refractivity contribution in [3.8, 4) is 0 Å². The van der Waals surface area contributed by atoms with Crippen molar-refractivity contribution in [1.29, 1.82) is 0 Å². The lowest BCUT2D eigenvalue weighted by Crippen LogP contribution is -2.03. The lowest BCUT2D eigenvalue weighted by Gasteiger charge is -2.06. The van der Waals surface area contributed by atoms with Crippen LogP contribution in [0.25, 0.3) is 20.2 Å². The summed E-state index contributed by atoms with van der Waals surface area (Å²) in [7, 11) is 0. The first-order valence-corrected chi connectivity index (χ1v) is 18.4. The predicted octanol–water partition coefficient (Wildman–Crippen LogP) is 9.03.